The van der Waals surface area contributed by atoms with E-state index in [1.807, 2.05) is 30.3 Å². The van der Waals surface area contributed by atoms with Gasteiger partial charge in [0, 0.05) is 6.08 Å². The third-order valence-electron chi connectivity index (χ3n) is 2.71. The van der Waals surface area contributed by atoms with Crippen molar-refractivity contribution < 1.29 is 13.9 Å². The molecule has 0 bridgehead atoms. The van der Waals surface area contributed by atoms with E-state index >= 15 is 0 Å². The summed E-state index contributed by atoms with van der Waals surface area (Å²) in [6, 6.07) is 15.3. The molecule has 2 aromatic rings. The first-order valence-corrected chi connectivity index (χ1v) is 6.63. The number of carbonyl (C=O) groups excluding carboxylic acids is 1. The molecule has 3 nitrogen and oxygen atoms in total. The van der Waals surface area contributed by atoms with E-state index in [0.29, 0.717) is 18.9 Å². The molecule has 0 aliphatic heterocycles. The average molecular weight is 285 g/mol. The van der Waals surface area contributed by atoms with Gasteiger partial charge in [-0.05, 0) is 35.9 Å². The number of ether oxygens (including phenoxy) is 1. The lowest BCUT2D eigenvalue weighted by Gasteiger charge is -2.06. The largest absolute Gasteiger partial charge is 0.492 e. The van der Waals surface area contributed by atoms with Crippen LogP contribution in [0.2, 0.25) is 0 Å². The number of halogens is 1. The second kappa shape index (κ2) is 7.85. The summed E-state index contributed by atoms with van der Waals surface area (Å²) >= 11 is 0. The first-order chi connectivity index (χ1) is 10.2. The number of carbonyl (C=O) groups is 1. The van der Waals surface area contributed by atoms with Crippen LogP contribution in [-0.4, -0.2) is 19.1 Å². The smallest absolute Gasteiger partial charge is 0.244 e. The molecular weight excluding hydrogens is 269 g/mol. The normalized spacial score (nSPS) is 10.5. The van der Waals surface area contributed by atoms with Gasteiger partial charge in [-0.15, -0.1) is 0 Å². The Bertz CT molecular complexity index is 594. The Morgan fingerprint density at radius 3 is 2.52 bits per heavy atom. The van der Waals surface area contributed by atoms with Gasteiger partial charge >= 0.3 is 0 Å². The first-order valence-electron chi connectivity index (χ1n) is 6.63. The summed E-state index contributed by atoms with van der Waals surface area (Å²) in [5.41, 5.74) is 0.968. The molecule has 0 spiro atoms. The lowest BCUT2D eigenvalue weighted by Crippen LogP contribution is -2.26. The minimum absolute atomic E-state index is 0.179. The highest BCUT2D eigenvalue weighted by molar-refractivity contribution is 5.91. The molecular formula is C17H16FNO2. The van der Waals surface area contributed by atoms with E-state index in [1.165, 1.54) is 18.2 Å². The Kier molecular flexibility index (Phi) is 5.52. The molecule has 0 atom stereocenters. The summed E-state index contributed by atoms with van der Waals surface area (Å²) in [7, 11) is 0. The highest BCUT2D eigenvalue weighted by Crippen LogP contribution is 2.10. The molecule has 0 aliphatic rings. The van der Waals surface area contributed by atoms with E-state index in [2.05, 4.69) is 5.32 Å². The van der Waals surface area contributed by atoms with Crippen molar-refractivity contribution in [3.05, 3.63) is 72.1 Å². The van der Waals surface area contributed by atoms with Crippen molar-refractivity contribution in [3.8, 4) is 5.75 Å². The molecule has 0 saturated heterocycles. The maximum atomic E-state index is 12.7. The van der Waals surface area contributed by atoms with Crippen molar-refractivity contribution in [2.24, 2.45) is 0 Å². The van der Waals surface area contributed by atoms with Crippen LogP contribution in [0.15, 0.2) is 60.7 Å². The minimum atomic E-state index is -0.304. The van der Waals surface area contributed by atoms with E-state index in [-0.39, 0.29) is 11.7 Å². The fourth-order valence-corrected chi connectivity index (χ4v) is 1.67. The Hall–Kier alpha value is -2.62. The number of rotatable bonds is 6. The predicted octanol–water partition coefficient (Wildman–Crippen LogP) is 3.03. The Morgan fingerprint density at radius 1 is 1.10 bits per heavy atom. The van der Waals surface area contributed by atoms with Crippen LogP contribution in [0, 0.1) is 5.82 Å². The number of nitrogens with one attached hydrogen (secondary N) is 1. The van der Waals surface area contributed by atoms with Crippen molar-refractivity contribution in [2.75, 3.05) is 13.2 Å². The van der Waals surface area contributed by atoms with E-state index < -0.39 is 0 Å². The maximum absolute atomic E-state index is 12.7. The van der Waals surface area contributed by atoms with Crippen molar-refractivity contribution in [1.29, 1.82) is 0 Å². The number of amides is 1. The zero-order valence-electron chi connectivity index (χ0n) is 11.5. The van der Waals surface area contributed by atoms with Crippen molar-refractivity contribution in [1.82, 2.24) is 5.32 Å². The molecule has 4 heteroatoms. The van der Waals surface area contributed by atoms with Crippen LogP contribution in [0.25, 0.3) is 6.08 Å². The van der Waals surface area contributed by atoms with Gasteiger partial charge in [0.2, 0.25) is 5.91 Å². The summed E-state index contributed by atoms with van der Waals surface area (Å²) in [4.78, 5) is 11.6. The predicted molar refractivity (Wildman–Crippen MR) is 80.4 cm³/mol. The number of benzene rings is 2. The standard InChI is InChI=1S/C17H16FNO2/c18-15-7-9-16(10-8-15)21-13-12-19-17(20)11-6-14-4-2-1-3-5-14/h1-11H,12-13H2,(H,19,20)/b11-6+. The van der Waals surface area contributed by atoms with Crippen molar-refractivity contribution >= 4 is 12.0 Å². The van der Waals surface area contributed by atoms with Gasteiger partial charge in [-0.2, -0.15) is 0 Å². The molecule has 0 aliphatic carbocycles. The Labute approximate surface area is 123 Å². The highest BCUT2D eigenvalue weighted by atomic mass is 19.1. The maximum Gasteiger partial charge on any atom is 0.244 e. The molecule has 0 radical (unpaired) electrons. The van der Waals surface area contributed by atoms with Gasteiger partial charge in [-0.3, -0.25) is 4.79 Å². The van der Waals surface area contributed by atoms with Gasteiger partial charge < -0.3 is 10.1 Å². The highest BCUT2D eigenvalue weighted by Gasteiger charge is 1.97. The van der Waals surface area contributed by atoms with Crippen LogP contribution in [0.3, 0.4) is 0 Å². The fourth-order valence-electron chi connectivity index (χ4n) is 1.67. The van der Waals surface area contributed by atoms with Gasteiger partial charge in [-0.25, -0.2) is 4.39 Å². The summed E-state index contributed by atoms with van der Waals surface area (Å²) < 4.78 is 18.1. The third-order valence-corrected chi connectivity index (χ3v) is 2.71. The summed E-state index contributed by atoms with van der Waals surface area (Å²) in [6.07, 6.45) is 3.23. The second-order valence-electron chi connectivity index (χ2n) is 4.34. The van der Waals surface area contributed by atoms with E-state index in [9.17, 15) is 9.18 Å². The third kappa shape index (κ3) is 5.48. The zero-order chi connectivity index (χ0) is 14.9. The van der Waals surface area contributed by atoms with Crippen LogP contribution < -0.4 is 10.1 Å². The molecule has 0 fully saturated rings. The van der Waals surface area contributed by atoms with E-state index in [4.69, 9.17) is 4.74 Å². The molecule has 21 heavy (non-hydrogen) atoms. The number of hydrogen-bond acceptors (Lipinski definition) is 2. The Morgan fingerprint density at radius 2 is 1.81 bits per heavy atom. The van der Waals surface area contributed by atoms with Gasteiger partial charge in [0.05, 0.1) is 6.54 Å². The van der Waals surface area contributed by atoms with Gasteiger partial charge in [0.15, 0.2) is 0 Å². The molecule has 2 rings (SSSR count). The molecule has 1 amide bonds. The first kappa shape index (κ1) is 14.8. The molecule has 0 saturated carbocycles. The number of hydrogen-bond donors (Lipinski definition) is 1. The minimum Gasteiger partial charge on any atom is -0.492 e. The summed E-state index contributed by atoms with van der Waals surface area (Å²) in [5.74, 6) is 0.0914. The summed E-state index contributed by atoms with van der Waals surface area (Å²) in [6.45, 7) is 0.714. The molecule has 0 aromatic heterocycles. The average Bonchev–Trinajstić information content (AvgIpc) is 2.52. The lowest BCUT2D eigenvalue weighted by molar-refractivity contribution is -0.116. The fraction of sp³-hybridized carbons (Fsp3) is 0.118. The van der Waals surface area contributed by atoms with Crippen LogP contribution in [0.5, 0.6) is 5.75 Å². The van der Waals surface area contributed by atoms with Gasteiger partial charge in [0.1, 0.15) is 18.2 Å². The lowest BCUT2D eigenvalue weighted by atomic mass is 10.2. The van der Waals surface area contributed by atoms with Crippen LogP contribution >= 0.6 is 0 Å². The second-order valence-corrected chi connectivity index (χ2v) is 4.34. The monoisotopic (exact) mass is 285 g/mol. The van der Waals surface area contributed by atoms with E-state index in [0.717, 1.165) is 5.56 Å². The van der Waals surface area contributed by atoms with Gasteiger partial charge in [0.25, 0.3) is 0 Å². The van der Waals surface area contributed by atoms with Crippen LogP contribution in [0.4, 0.5) is 4.39 Å². The quantitative estimate of drug-likeness (QED) is 0.654. The van der Waals surface area contributed by atoms with Crippen molar-refractivity contribution in [3.63, 3.8) is 0 Å². The molecule has 2 aromatic carbocycles. The van der Waals surface area contributed by atoms with Crippen molar-refractivity contribution in [2.45, 2.75) is 0 Å². The molecule has 0 heterocycles. The zero-order valence-corrected chi connectivity index (χ0v) is 11.5. The van der Waals surface area contributed by atoms with Gasteiger partial charge in [-0.1, -0.05) is 30.3 Å². The molecule has 1 N–H and O–H groups in total. The van der Waals surface area contributed by atoms with E-state index in [1.54, 1.807) is 18.2 Å². The summed E-state index contributed by atoms with van der Waals surface area (Å²) in [5, 5.41) is 2.71. The van der Waals surface area contributed by atoms with Crippen LogP contribution in [0.1, 0.15) is 5.56 Å². The molecule has 0 unspecified atom stereocenters. The SMILES string of the molecule is O=C(/C=C/c1ccccc1)NCCOc1ccc(F)cc1. The Balaban J connectivity index is 1.67. The topological polar surface area (TPSA) is 38.3 Å². The van der Waals surface area contributed by atoms with Crippen LogP contribution in [-0.2, 0) is 4.79 Å². The molecule has 108 valence electrons.